The quantitative estimate of drug-likeness (QED) is 0.866. The van der Waals surface area contributed by atoms with Gasteiger partial charge in [0.05, 0.1) is 6.54 Å². The minimum atomic E-state index is 0.175. The maximum Gasteiger partial charge on any atom is 0.237 e. The third-order valence-corrected chi connectivity index (χ3v) is 4.16. The van der Waals surface area contributed by atoms with E-state index in [1.165, 1.54) is 11.1 Å². The number of fused-ring (bicyclic) bond motifs is 1. The molecule has 0 fully saturated rings. The monoisotopic (exact) mass is 290 g/mol. The van der Waals surface area contributed by atoms with Gasteiger partial charge in [0.15, 0.2) is 0 Å². The van der Waals surface area contributed by atoms with Crippen LogP contribution in [0.1, 0.15) is 31.4 Å². The molecule has 116 valence electrons. The zero-order valence-corrected chi connectivity index (χ0v) is 13.1. The number of carbonyl (C=O) groups excluding carboxylic acids is 1. The van der Waals surface area contributed by atoms with Gasteiger partial charge < -0.3 is 10.0 Å². The first kappa shape index (κ1) is 16.0. The minimum Gasteiger partial charge on any atom is -0.396 e. The van der Waals surface area contributed by atoms with Crippen LogP contribution in [-0.2, 0) is 17.8 Å². The van der Waals surface area contributed by atoms with E-state index in [1.807, 2.05) is 11.0 Å². The Labute approximate surface area is 127 Å². The molecule has 1 N–H and O–H groups in total. The van der Waals surface area contributed by atoms with Gasteiger partial charge in [0.25, 0.3) is 0 Å². The topological polar surface area (TPSA) is 43.8 Å². The summed E-state index contributed by atoms with van der Waals surface area (Å²) in [5, 5.41) is 8.97. The van der Waals surface area contributed by atoms with E-state index in [0.29, 0.717) is 19.0 Å². The lowest BCUT2D eigenvalue weighted by Gasteiger charge is -2.32. The average molecular weight is 290 g/mol. The first-order valence-electron chi connectivity index (χ1n) is 7.81. The Hall–Kier alpha value is -1.39. The van der Waals surface area contributed by atoms with E-state index in [2.05, 4.69) is 36.9 Å². The number of rotatable bonds is 6. The second-order valence-electron chi connectivity index (χ2n) is 5.98. The van der Waals surface area contributed by atoms with Gasteiger partial charge in [0, 0.05) is 32.3 Å². The second-order valence-corrected chi connectivity index (χ2v) is 5.98. The van der Waals surface area contributed by atoms with Crippen LogP contribution < -0.4 is 0 Å². The zero-order chi connectivity index (χ0) is 15.2. The van der Waals surface area contributed by atoms with E-state index in [1.54, 1.807) is 0 Å². The SMILES string of the molecule is CC(C)N(CCCO)CC(=O)N1CCc2ccccc2C1. The van der Waals surface area contributed by atoms with Gasteiger partial charge in [-0.3, -0.25) is 9.69 Å². The van der Waals surface area contributed by atoms with Crippen molar-refractivity contribution in [3.63, 3.8) is 0 Å². The van der Waals surface area contributed by atoms with Crippen LogP contribution in [0.25, 0.3) is 0 Å². The van der Waals surface area contributed by atoms with Crippen molar-refractivity contribution < 1.29 is 9.90 Å². The van der Waals surface area contributed by atoms with Crippen molar-refractivity contribution in [2.24, 2.45) is 0 Å². The number of aliphatic hydroxyl groups is 1. The van der Waals surface area contributed by atoms with Crippen molar-refractivity contribution >= 4 is 5.91 Å². The summed E-state index contributed by atoms with van der Waals surface area (Å²) in [7, 11) is 0. The third kappa shape index (κ3) is 4.29. The molecule has 1 heterocycles. The van der Waals surface area contributed by atoms with Gasteiger partial charge in [-0.25, -0.2) is 0 Å². The number of hydrogen-bond acceptors (Lipinski definition) is 3. The summed E-state index contributed by atoms with van der Waals surface area (Å²) in [6.45, 7) is 7.10. The number of aliphatic hydroxyl groups excluding tert-OH is 1. The lowest BCUT2D eigenvalue weighted by molar-refractivity contribution is -0.133. The Bertz CT molecular complexity index is 474. The summed E-state index contributed by atoms with van der Waals surface area (Å²) in [5.74, 6) is 0.191. The molecule has 0 bridgehead atoms. The number of nitrogens with zero attached hydrogens (tertiary/aromatic N) is 2. The molecule has 0 unspecified atom stereocenters. The highest BCUT2D eigenvalue weighted by atomic mass is 16.3. The molecule has 1 aliphatic heterocycles. The van der Waals surface area contributed by atoms with Crippen LogP contribution in [0.15, 0.2) is 24.3 Å². The molecule has 4 heteroatoms. The molecule has 0 spiro atoms. The van der Waals surface area contributed by atoms with Crippen LogP contribution in [0.2, 0.25) is 0 Å². The van der Waals surface area contributed by atoms with Crippen LogP contribution in [-0.4, -0.2) is 53.1 Å². The van der Waals surface area contributed by atoms with Gasteiger partial charge in [-0.15, -0.1) is 0 Å². The summed E-state index contributed by atoms with van der Waals surface area (Å²) in [6, 6.07) is 8.68. The van der Waals surface area contributed by atoms with Crippen LogP contribution >= 0.6 is 0 Å². The predicted molar refractivity (Wildman–Crippen MR) is 84.0 cm³/mol. The van der Waals surface area contributed by atoms with Gasteiger partial charge in [0.2, 0.25) is 5.91 Å². The van der Waals surface area contributed by atoms with Crippen molar-refractivity contribution in [1.82, 2.24) is 9.80 Å². The highest BCUT2D eigenvalue weighted by Crippen LogP contribution is 2.18. The van der Waals surface area contributed by atoms with Gasteiger partial charge in [-0.2, -0.15) is 0 Å². The molecule has 0 radical (unpaired) electrons. The molecule has 0 saturated carbocycles. The van der Waals surface area contributed by atoms with E-state index in [9.17, 15) is 4.79 Å². The average Bonchev–Trinajstić information content (AvgIpc) is 2.50. The highest BCUT2D eigenvalue weighted by molar-refractivity contribution is 5.78. The molecule has 0 aliphatic carbocycles. The number of benzene rings is 1. The molecule has 1 aromatic carbocycles. The lowest BCUT2D eigenvalue weighted by atomic mass is 10.00. The van der Waals surface area contributed by atoms with Gasteiger partial charge >= 0.3 is 0 Å². The largest absolute Gasteiger partial charge is 0.396 e. The Balaban J connectivity index is 1.94. The Kier molecular flexibility index (Phi) is 5.76. The molecular formula is C17H26N2O2. The highest BCUT2D eigenvalue weighted by Gasteiger charge is 2.22. The summed E-state index contributed by atoms with van der Waals surface area (Å²) in [6.07, 6.45) is 1.66. The molecule has 1 aliphatic rings. The fraction of sp³-hybridized carbons (Fsp3) is 0.588. The third-order valence-electron chi connectivity index (χ3n) is 4.16. The number of amides is 1. The maximum atomic E-state index is 12.5. The fourth-order valence-corrected chi connectivity index (χ4v) is 2.78. The molecule has 2 rings (SSSR count). The van der Waals surface area contributed by atoms with Crippen molar-refractivity contribution in [2.45, 2.75) is 39.3 Å². The van der Waals surface area contributed by atoms with Crippen LogP contribution in [0.4, 0.5) is 0 Å². The van der Waals surface area contributed by atoms with Crippen LogP contribution in [0.5, 0.6) is 0 Å². The van der Waals surface area contributed by atoms with Gasteiger partial charge in [0.1, 0.15) is 0 Å². The Morgan fingerprint density at radius 1 is 1.33 bits per heavy atom. The molecule has 1 aromatic rings. The zero-order valence-electron chi connectivity index (χ0n) is 13.1. The molecule has 0 aromatic heterocycles. The van der Waals surface area contributed by atoms with Crippen LogP contribution in [0, 0.1) is 0 Å². The van der Waals surface area contributed by atoms with E-state index in [0.717, 1.165) is 26.1 Å². The van der Waals surface area contributed by atoms with Crippen molar-refractivity contribution in [1.29, 1.82) is 0 Å². The smallest absolute Gasteiger partial charge is 0.237 e. The molecular weight excluding hydrogens is 264 g/mol. The summed E-state index contributed by atoms with van der Waals surface area (Å²) in [5.41, 5.74) is 2.63. The normalized spacial score (nSPS) is 14.6. The molecule has 0 saturated heterocycles. The summed E-state index contributed by atoms with van der Waals surface area (Å²) < 4.78 is 0. The standard InChI is InChI=1S/C17H26N2O2/c1-14(2)18(9-5-11-20)13-17(21)19-10-8-15-6-3-4-7-16(15)12-19/h3-4,6-7,14,20H,5,8-13H2,1-2H3. The van der Waals surface area contributed by atoms with E-state index in [4.69, 9.17) is 5.11 Å². The molecule has 21 heavy (non-hydrogen) atoms. The summed E-state index contributed by atoms with van der Waals surface area (Å²) in [4.78, 5) is 16.6. The first-order valence-corrected chi connectivity index (χ1v) is 7.81. The number of carbonyl (C=O) groups is 1. The van der Waals surface area contributed by atoms with E-state index in [-0.39, 0.29) is 12.5 Å². The first-order chi connectivity index (χ1) is 10.1. The molecule has 1 amide bonds. The van der Waals surface area contributed by atoms with Crippen LogP contribution in [0.3, 0.4) is 0 Å². The predicted octanol–water partition coefficient (Wildman–Crippen LogP) is 1.66. The fourth-order valence-electron chi connectivity index (χ4n) is 2.78. The van der Waals surface area contributed by atoms with E-state index >= 15 is 0 Å². The maximum absolute atomic E-state index is 12.5. The second kappa shape index (κ2) is 7.57. The van der Waals surface area contributed by atoms with Crippen molar-refractivity contribution in [3.05, 3.63) is 35.4 Å². The molecule has 0 atom stereocenters. The van der Waals surface area contributed by atoms with Crippen molar-refractivity contribution in [2.75, 3.05) is 26.2 Å². The Morgan fingerprint density at radius 2 is 2.05 bits per heavy atom. The lowest BCUT2D eigenvalue weighted by Crippen LogP contribution is -2.45. The molecule has 4 nitrogen and oxygen atoms in total. The minimum absolute atomic E-state index is 0.175. The number of hydrogen-bond donors (Lipinski definition) is 1. The Morgan fingerprint density at radius 3 is 2.71 bits per heavy atom. The summed E-state index contributed by atoms with van der Waals surface area (Å²) >= 11 is 0. The van der Waals surface area contributed by atoms with Gasteiger partial charge in [-0.05, 0) is 37.8 Å². The van der Waals surface area contributed by atoms with Gasteiger partial charge in [-0.1, -0.05) is 24.3 Å². The van der Waals surface area contributed by atoms with Crippen molar-refractivity contribution in [3.8, 4) is 0 Å². The van der Waals surface area contributed by atoms with E-state index < -0.39 is 0 Å².